The third-order valence-corrected chi connectivity index (χ3v) is 4.46. The SMILES string of the molecule is CCCC(C)NC(=O)C(C)N1C[C@H]2CNC[C@H]2C1. The molecule has 0 aromatic carbocycles. The highest BCUT2D eigenvalue weighted by Gasteiger charge is 2.39. The van der Waals surface area contributed by atoms with Crippen molar-refractivity contribution < 1.29 is 4.79 Å². The first-order valence-electron chi connectivity index (χ1n) is 7.37. The topological polar surface area (TPSA) is 44.4 Å². The standard InChI is InChI=1S/C14H27N3O/c1-4-5-10(2)16-14(18)11(3)17-8-12-6-15-7-13(12)9-17/h10-13,15H,4-9H2,1-3H3,(H,16,18)/t10?,11?,12-,13+. The van der Waals surface area contributed by atoms with Crippen LogP contribution >= 0.6 is 0 Å². The van der Waals surface area contributed by atoms with Crippen LogP contribution in [0, 0.1) is 11.8 Å². The number of nitrogens with zero attached hydrogens (tertiary/aromatic N) is 1. The summed E-state index contributed by atoms with van der Waals surface area (Å²) in [6.07, 6.45) is 2.18. The summed E-state index contributed by atoms with van der Waals surface area (Å²) >= 11 is 0. The number of carbonyl (C=O) groups excluding carboxylic acids is 1. The van der Waals surface area contributed by atoms with Gasteiger partial charge in [-0.2, -0.15) is 0 Å². The fraction of sp³-hybridized carbons (Fsp3) is 0.929. The average Bonchev–Trinajstić information content (AvgIpc) is 2.87. The molecule has 2 aliphatic rings. The molecular weight excluding hydrogens is 226 g/mol. The molecule has 2 saturated heterocycles. The Morgan fingerprint density at radius 2 is 1.94 bits per heavy atom. The zero-order valence-electron chi connectivity index (χ0n) is 11.9. The first-order chi connectivity index (χ1) is 8.61. The van der Waals surface area contributed by atoms with Gasteiger partial charge in [0.1, 0.15) is 0 Å². The van der Waals surface area contributed by atoms with E-state index in [0.717, 1.165) is 50.9 Å². The molecule has 1 amide bonds. The lowest BCUT2D eigenvalue weighted by atomic mass is 10.0. The lowest BCUT2D eigenvalue weighted by molar-refractivity contribution is -0.126. The number of amides is 1. The summed E-state index contributed by atoms with van der Waals surface area (Å²) in [5.41, 5.74) is 0. The second kappa shape index (κ2) is 6.02. The number of likely N-dealkylation sites (tertiary alicyclic amines) is 1. The van der Waals surface area contributed by atoms with Crippen molar-refractivity contribution in [2.75, 3.05) is 26.2 Å². The van der Waals surface area contributed by atoms with E-state index in [1.54, 1.807) is 0 Å². The van der Waals surface area contributed by atoms with E-state index in [-0.39, 0.29) is 11.9 Å². The Hall–Kier alpha value is -0.610. The highest BCUT2D eigenvalue weighted by Crippen LogP contribution is 2.27. The molecule has 18 heavy (non-hydrogen) atoms. The van der Waals surface area contributed by atoms with E-state index < -0.39 is 0 Å². The number of hydrogen-bond acceptors (Lipinski definition) is 3. The van der Waals surface area contributed by atoms with Crippen LogP contribution in [-0.4, -0.2) is 49.1 Å². The highest BCUT2D eigenvalue weighted by atomic mass is 16.2. The quantitative estimate of drug-likeness (QED) is 0.763. The predicted octanol–water partition coefficient (Wildman–Crippen LogP) is 0.831. The third kappa shape index (κ3) is 3.04. The Morgan fingerprint density at radius 3 is 2.50 bits per heavy atom. The summed E-state index contributed by atoms with van der Waals surface area (Å²) in [6, 6.07) is 0.323. The monoisotopic (exact) mass is 253 g/mol. The van der Waals surface area contributed by atoms with Crippen molar-refractivity contribution in [1.29, 1.82) is 0 Å². The lowest BCUT2D eigenvalue weighted by Gasteiger charge is -2.25. The molecule has 2 N–H and O–H groups in total. The molecule has 0 bridgehead atoms. The van der Waals surface area contributed by atoms with Crippen molar-refractivity contribution in [3.63, 3.8) is 0 Å². The number of nitrogens with one attached hydrogen (secondary N) is 2. The van der Waals surface area contributed by atoms with Gasteiger partial charge in [0, 0.05) is 19.1 Å². The summed E-state index contributed by atoms with van der Waals surface area (Å²) in [4.78, 5) is 14.5. The summed E-state index contributed by atoms with van der Waals surface area (Å²) in [5, 5.41) is 6.56. The van der Waals surface area contributed by atoms with Crippen molar-refractivity contribution in [3.05, 3.63) is 0 Å². The second-order valence-corrected chi connectivity index (χ2v) is 6.01. The van der Waals surface area contributed by atoms with E-state index in [1.807, 2.05) is 6.92 Å². The molecule has 4 atom stereocenters. The van der Waals surface area contributed by atoms with Gasteiger partial charge in [-0.1, -0.05) is 13.3 Å². The zero-order valence-corrected chi connectivity index (χ0v) is 11.9. The average molecular weight is 253 g/mol. The van der Waals surface area contributed by atoms with E-state index in [4.69, 9.17) is 0 Å². The smallest absolute Gasteiger partial charge is 0.237 e. The van der Waals surface area contributed by atoms with Crippen LogP contribution in [0.2, 0.25) is 0 Å². The first kappa shape index (κ1) is 13.8. The molecule has 2 heterocycles. The zero-order chi connectivity index (χ0) is 13.1. The number of hydrogen-bond donors (Lipinski definition) is 2. The van der Waals surface area contributed by atoms with Crippen molar-refractivity contribution in [2.24, 2.45) is 11.8 Å². The van der Waals surface area contributed by atoms with Crippen LogP contribution in [0.25, 0.3) is 0 Å². The van der Waals surface area contributed by atoms with Crippen LogP contribution in [-0.2, 0) is 4.79 Å². The maximum atomic E-state index is 12.2. The van der Waals surface area contributed by atoms with Crippen LogP contribution in [0.3, 0.4) is 0 Å². The maximum Gasteiger partial charge on any atom is 0.237 e. The highest BCUT2D eigenvalue weighted by molar-refractivity contribution is 5.81. The summed E-state index contributed by atoms with van der Waals surface area (Å²) in [7, 11) is 0. The number of rotatable bonds is 5. The summed E-state index contributed by atoms with van der Waals surface area (Å²) in [5.74, 6) is 1.71. The molecule has 0 aliphatic carbocycles. The second-order valence-electron chi connectivity index (χ2n) is 6.01. The molecule has 2 rings (SSSR count). The van der Waals surface area contributed by atoms with E-state index in [1.165, 1.54) is 0 Å². The van der Waals surface area contributed by atoms with Crippen LogP contribution in [0.5, 0.6) is 0 Å². The third-order valence-electron chi connectivity index (χ3n) is 4.46. The van der Waals surface area contributed by atoms with Gasteiger partial charge in [-0.25, -0.2) is 0 Å². The van der Waals surface area contributed by atoms with Gasteiger partial charge in [0.2, 0.25) is 5.91 Å². The van der Waals surface area contributed by atoms with Crippen molar-refractivity contribution in [1.82, 2.24) is 15.5 Å². The molecule has 0 saturated carbocycles. The Labute approximate surface area is 110 Å². The summed E-state index contributed by atoms with van der Waals surface area (Å²) in [6.45, 7) is 10.7. The predicted molar refractivity (Wildman–Crippen MR) is 73.4 cm³/mol. The molecule has 4 nitrogen and oxygen atoms in total. The minimum absolute atomic E-state index is 0.0231. The van der Waals surface area contributed by atoms with E-state index >= 15 is 0 Å². The van der Waals surface area contributed by atoms with Gasteiger partial charge in [-0.15, -0.1) is 0 Å². The molecule has 0 radical (unpaired) electrons. The van der Waals surface area contributed by atoms with E-state index in [9.17, 15) is 4.79 Å². The van der Waals surface area contributed by atoms with Gasteiger partial charge in [0.05, 0.1) is 6.04 Å². The maximum absolute atomic E-state index is 12.2. The van der Waals surface area contributed by atoms with Gasteiger partial charge in [0.15, 0.2) is 0 Å². The molecule has 2 fully saturated rings. The molecule has 0 aromatic rings. The van der Waals surface area contributed by atoms with Crippen LogP contribution in [0.15, 0.2) is 0 Å². The summed E-state index contributed by atoms with van der Waals surface area (Å²) < 4.78 is 0. The van der Waals surface area contributed by atoms with E-state index in [0.29, 0.717) is 6.04 Å². The molecule has 0 spiro atoms. The Balaban J connectivity index is 1.80. The van der Waals surface area contributed by atoms with Crippen LogP contribution < -0.4 is 10.6 Å². The van der Waals surface area contributed by atoms with E-state index in [2.05, 4.69) is 29.4 Å². The molecular formula is C14H27N3O. The van der Waals surface area contributed by atoms with Crippen molar-refractivity contribution in [3.8, 4) is 0 Å². The molecule has 2 unspecified atom stereocenters. The lowest BCUT2D eigenvalue weighted by Crippen LogP contribution is -2.47. The van der Waals surface area contributed by atoms with Gasteiger partial charge >= 0.3 is 0 Å². The number of carbonyl (C=O) groups is 1. The Morgan fingerprint density at radius 1 is 1.33 bits per heavy atom. The largest absolute Gasteiger partial charge is 0.352 e. The molecule has 104 valence electrons. The fourth-order valence-corrected chi connectivity index (χ4v) is 3.24. The van der Waals surface area contributed by atoms with Crippen LogP contribution in [0.4, 0.5) is 0 Å². The van der Waals surface area contributed by atoms with Gasteiger partial charge in [-0.3, -0.25) is 9.69 Å². The Bertz CT molecular complexity index is 283. The minimum atomic E-state index is 0.0231. The van der Waals surface area contributed by atoms with Gasteiger partial charge < -0.3 is 10.6 Å². The van der Waals surface area contributed by atoms with Gasteiger partial charge in [-0.05, 0) is 45.2 Å². The first-order valence-corrected chi connectivity index (χ1v) is 7.37. The molecule has 2 aliphatic heterocycles. The van der Waals surface area contributed by atoms with Gasteiger partial charge in [0.25, 0.3) is 0 Å². The number of fused-ring (bicyclic) bond motifs is 1. The molecule has 0 aromatic heterocycles. The van der Waals surface area contributed by atoms with Crippen molar-refractivity contribution in [2.45, 2.75) is 45.7 Å². The molecule has 4 heteroatoms. The fourth-order valence-electron chi connectivity index (χ4n) is 3.24. The Kier molecular flexibility index (Phi) is 4.62. The minimum Gasteiger partial charge on any atom is -0.352 e. The van der Waals surface area contributed by atoms with Crippen molar-refractivity contribution >= 4 is 5.91 Å². The van der Waals surface area contributed by atoms with Crippen LogP contribution in [0.1, 0.15) is 33.6 Å². The normalized spacial score (nSPS) is 31.1.